The van der Waals surface area contributed by atoms with Crippen molar-refractivity contribution < 1.29 is 9.90 Å². The molecular weight excluding hydrogens is 238 g/mol. The Morgan fingerprint density at radius 3 is 2.47 bits per heavy atom. The molecular formula is C16H29NO2. The second kappa shape index (κ2) is 5.82. The van der Waals surface area contributed by atoms with Crippen LogP contribution in [0.2, 0.25) is 0 Å². The van der Waals surface area contributed by atoms with Crippen LogP contribution in [-0.4, -0.2) is 35.1 Å². The number of rotatable bonds is 3. The number of likely N-dealkylation sites (tertiary alicyclic amines) is 1. The fourth-order valence-corrected chi connectivity index (χ4v) is 3.91. The molecule has 0 aromatic rings. The quantitative estimate of drug-likeness (QED) is 0.852. The molecule has 3 atom stereocenters. The summed E-state index contributed by atoms with van der Waals surface area (Å²) >= 11 is 0. The van der Waals surface area contributed by atoms with E-state index in [4.69, 9.17) is 0 Å². The molecule has 1 heterocycles. The van der Waals surface area contributed by atoms with Gasteiger partial charge in [-0.2, -0.15) is 0 Å². The molecule has 1 saturated carbocycles. The summed E-state index contributed by atoms with van der Waals surface area (Å²) in [5, 5.41) is 9.42. The van der Waals surface area contributed by atoms with Gasteiger partial charge in [0, 0.05) is 12.6 Å². The normalized spacial score (nSPS) is 34.2. The zero-order chi connectivity index (χ0) is 14.0. The van der Waals surface area contributed by atoms with E-state index in [9.17, 15) is 9.90 Å². The van der Waals surface area contributed by atoms with Gasteiger partial charge in [-0.3, -0.25) is 9.69 Å². The molecule has 1 saturated heterocycles. The van der Waals surface area contributed by atoms with Crippen molar-refractivity contribution in [2.45, 2.75) is 65.3 Å². The van der Waals surface area contributed by atoms with Gasteiger partial charge in [0.05, 0.1) is 5.41 Å². The molecule has 1 aliphatic heterocycles. The van der Waals surface area contributed by atoms with Crippen molar-refractivity contribution in [3.05, 3.63) is 0 Å². The summed E-state index contributed by atoms with van der Waals surface area (Å²) in [6.45, 7) is 8.31. The Bertz CT molecular complexity index is 327. The van der Waals surface area contributed by atoms with Gasteiger partial charge in [-0.1, -0.05) is 19.8 Å². The number of nitrogens with zero attached hydrogens (tertiary/aromatic N) is 1. The Balaban J connectivity index is 2.02. The van der Waals surface area contributed by atoms with Gasteiger partial charge in [-0.15, -0.1) is 0 Å². The van der Waals surface area contributed by atoms with Crippen LogP contribution in [0.15, 0.2) is 0 Å². The van der Waals surface area contributed by atoms with E-state index in [1.54, 1.807) is 0 Å². The van der Waals surface area contributed by atoms with Crippen molar-refractivity contribution in [2.24, 2.45) is 17.3 Å². The van der Waals surface area contributed by atoms with Crippen molar-refractivity contribution >= 4 is 5.97 Å². The number of hydrogen-bond acceptors (Lipinski definition) is 2. The van der Waals surface area contributed by atoms with E-state index in [1.165, 1.54) is 32.2 Å². The van der Waals surface area contributed by atoms with Gasteiger partial charge >= 0.3 is 5.97 Å². The summed E-state index contributed by atoms with van der Waals surface area (Å²) in [4.78, 5) is 14.0. The molecule has 2 fully saturated rings. The Kier molecular flexibility index (Phi) is 4.54. The van der Waals surface area contributed by atoms with E-state index in [2.05, 4.69) is 11.8 Å². The summed E-state index contributed by atoms with van der Waals surface area (Å²) in [7, 11) is 0. The van der Waals surface area contributed by atoms with Crippen molar-refractivity contribution in [3.63, 3.8) is 0 Å². The van der Waals surface area contributed by atoms with Crippen LogP contribution in [0, 0.1) is 17.3 Å². The first-order valence-corrected chi connectivity index (χ1v) is 7.90. The monoisotopic (exact) mass is 267 g/mol. The van der Waals surface area contributed by atoms with Crippen molar-refractivity contribution in [1.29, 1.82) is 0 Å². The Labute approximate surface area is 117 Å². The predicted octanol–water partition coefficient (Wildman–Crippen LogP) is 3.39. The molecule has 0 aromatic carbocycles. The molecule has 1 aliphatic carbocycles. The molecule has 3 nitrogen and oxygen atoms in total. The topological polar surface area (TPSA) is 40.5 Å². The van der Waals surface area contributed by atoms with Crippen molar-refractivity contribution in [3.8, 4) is 0 Å². The van der Waals surface area contributed by atoms with Gasteiger partial charge in [-0.25, -0.2) is 0 Å². The number of carboxylic acid groups (broad SMARTS) is 1. The third kappa shape index (κ3) is 3.13. The minimum atomic E-state index is -0.643. The van der Waals surface area contributed by atoms with Crippen LogP contribution in [0.3, 0.4) is 0 Å². The number of carbonyl (C=O) groups is 1. The van der Waals surface area contributed by atoms with Crippen molar-refractivity contribution in [1.82, 2.24) is 4.90 Å². The SMILES string of the molecule is CC1CCCCC1N1CCCC(C(C)(C)C(=O)O)C1. The standard InChI is InChI=1S/C16H29NO2/c1-12-7-4-5-9-14(12)17-10-6-8-13(11-17)16(2,3)15(18)19/h12-14H,4-11H2,1-3H3,(H,18,19). The molecule has 3 unspecified atom stereocenters. The Morgan fingerprint density at radius 2 is 1.84 bits per heavy atom. The maximum Gasteiger partial charge on any atom is 0.309 e. The zero-order valence-electron chi connectivity index (χ0n) is 12.7. The third-order valence-corrected chi connectivity index (χ3v) is 5.56. The highest BCUT2D eigenvalue weighted by atomic mass is 16.4. The van der Waals surface area contributed by atoms with E-state index in [1.807, 2.05) is 13.8 Å². The van der Waals surface area contributed by atoms with Crippen LogP contribution < -0.4 is 0 Å². The van der Waals surface area contributed by atoms with Crippen LogP contribution in [0.1, 0.15) is 59.3 Å². The molecule has 19 heavy (non-hydrogen) atoms. The maximum absolute atomic E-state index is 11.4. The maximum atomic E-state index is 11.4. The van der Waals surface area contributed by atoms with Crippen LogP contribution in [0.25, 0.3) is 0 Å². The molecule has 3 heteroatoms. The van der Waals surface area contributed by atoms with Gasteiger partial charge in [0.25, 0.3) is 0 Å². The highest BCUT2D eigenvalue weighted by molar-refractivity contribution is 5.74. The van der Waals surface area contributed by atoms with E-state index in [0.717, 1.165) is 25.3 Å². The van der Waals surface area contributed by atoms with E-state index in [0.29, 0.717) is 12.0 Å². The predicted molar refractivity (Wildman–Crippen MR) is 77.1 cm³/mol. The largest absolute Gasteiger partial charge is 0.481 e. The summed E-state index contributed by atoms with van der Waals surface area (Å²) in [5.74, 6) is 0.435. The highest BCUT2D eigenvalue weighted by Crippen LogP contribution is 2.37. The zero-order valence-corrected chi connectivity index (χ0v) is 12.7. The third-order valence-electron chi connectivity index (χ3n) is 5.56. The lowest BCUT2D eigenvalue weighted by Crippen LogP contribution is -2.50. The first-order chi connectivity index (χ1) is 8.93. The summed E-state index contributed by atoms with van der Waals surface area (Å²) in [6.07, 6.45) is 7.59. The second-order valence-electron chi connectivity index (χ2n) is 7.19. The Hall–Kier alpha value is -0.570. The van der Waals surface area contributed by atoms with E-state index < -0.39 is 11.4 Å². The molecule has 1 N–H and O–H groups in total. The average Bonchev–Trinajstić information content (AvgIpc) is 2.39. The minimum Gasteiger partial charge on any atom is -0.481 e. The minimum absolute atomic E-state index is 0.299. The van der Waals surface area contributed by atoms with Gasteiger partial charge in [0.15, 0.2) is 0 Å². The molecule has 0 aromatic heterocycles. The smallest absolute Gasteiger partial charge is 0.309 e. The van der Waals surface area contributed by atoms with Crippen LogP contribution in [0.5, 0.6) is 0 Å². The molecule has 2 aliphatic rings. The molecule has 0 amide bonds. The molecule has 0 radical (unpaired) electrons. The van der Waals surface area contributed by atoms with Gasteiger partial charge in [-0.05, 0) is 57.9 Å². The number of aliphatic carboxylic acids is 1. The first kappa shape index (κ1) is 14.8. The van der Waals surface area contributed by atoms with Gasteiger partial charge < -0.3 is 5.11 Å². The summed E-state index contributed by atoms with van der Waals surface area (Å²) < 4.78 is 0. The molecule has 2 rings (SSSR count). The van der Waals surface area contributed by atoms with Crippen LogP contribution >= 0.6 is 0 Å². The summed E-state index contributed by atoms with van der Waals surface area (Å²) in [5.41, 5.74) is -0.587. The second-order valence-corrected chi connectivity index (χ2v) is 7.19. The number of piperidine rings is 1. The molecule has 0 spiro atoms. The first-order valence-electron chi connectivity index (χ1n) is 7.90. The summed E-state index contributed by atoms with van der Waals surface area (Å²) in [6, 6.07) is 0.696. The van der Waals surface area contributed by atoms with Gasteiger partial charge in [0.2, 0.25) is 0 Å². The fourth-order valence-electron chi connectivity index (χ4n) is 3.91. The van der Waals surface area contributed by atoms with Crippen LogP contribution in [0.4, 0.5) is 0 Å². The highest BCUT2D eigenvalue weighted by Gasteiger charge is 2.41. The lowest BCUT2D eigenvalue weighted by Gasteiger charge is -2.45. The van der Waals surface area contributed by atoms with Crippen LogP contribution in [-0.2, 0) is 4.79 Å². The van der Waals surface area contributed by atoms with Gasteiger partial charge in [0.1, 0.15) is 0 Å². The Morgan fingerprint density at radius 1 is 1.16 bits per heavy atom. The molecule has 0 bridgehead atoms. The van der Waals surface area contributed by atoms with E-state index >= 15 is 0 Å². The number of carboxylic acids is 1. The molecule has 110 valence electrons. The lowest BCUT2D eigenvalue weighted by molar-refractivity contribution is -0.151. The number of hydrogen-bond donors (Lipinski definition) is 1. The van der Waals surface area contributed by atoms with E-state index in [-0.39, 0.29) is 0 Å². The van der Waals surface area contributed by atoms with Crippen molar-refractivity contribution in [2.75, 3.05) is 13.1 Å². The lowest BCUT2D eigenvalue weighted by atomic mass is 9.73. The average molecular weight is 267 g/mol. The fraction of sp³-hybridized carbons (Fsp3) is 0.938.